The molecule has 128 valence electrons. The van der Waals surface area contributed by atoms with Gasteiger partial charge in [0.05, 0.1) is 11.5 Å². The molecule has 4 nitrogen and oxygen atoms in total. The highest BCUT2D eigenvalue weighted by Gasteiger charge is 2.70. The molecule has 1 spiro atoms. The molecule has 1 heterocycles. The number of alkyl halides is 2. The number of ether oxygens (including phenoxy) is 1. The largest absolute Gasteiger partial charge is 0.491 e. The van der Waals surface area contributed by atoms with E-state index >= 15 is 0 Å². The van der Waals surface area contributed by atoms with E-state index in [9.17, 15) is 21.6 Å². The average Bonchev–Trinajstić information content (AvgIpc) is 3.01. The monoisotopic (exact) mass is 349 g/mol. The zero-order valence-electron chi connectivity index (χ0n) is 12.7. The Morgan fingerprint density at radius 1 is 1.26 bits per heavy atom. The summed E-state index contributed by atoms with van der Waals surface area (Å²) < 4.78 is 71.8. The standard InChI is InChI=1S/C15H18F3NO3S/c1-2-22-13-4-3-11(9-12(13)16)23(20,21)19-7-5-14(6-8-19)10-15(14,17)18/h3-4,9H,2,5-8,10H2,1H3. The molecule has 2 fully saturated rings. The van der Waals surface area contributed by atoms with E-state index < -0.39 is 27.2 Å². The minimum absolute atomic E-state index is 0.0123. The van der Waals surface area contributed by atoms with Gasteiger partial charge in [0, 0.05) is 24.9 Å². The van der Waals surface area contributed by atoms with Crippen LogP contribution >= 0.6 is 0 Å². The molecule has 3 rings (SSSR count). The maximum atomic E-state index is 13.9. The van der Waals surface area contributed by atoms with Crippen LogP contribution < -0.4 is 4.74 Å². The molecule has 1 aliphatic heterocycles. The van der Waals surface area contributed by atoms with Crippen molar-refractivity contribution in [2.75, 3.05) is 19.7 Å². The third-order valence-corrected chi connectivity index (χ3v) is 6.63. The normalized spacial score (nSPS) is 23.0. The van der Waals surface area contributed by atoms with Crippen LogP contribution in [-0.2, 0) is 10.0 Å². The van der Waals surface area contributed by atoms with Crippen molar-refractivity contribution in [3.63, 3.8) is 0 Å². The van der Waals surface area contributed by atoms with Gasteiger partial charge in [0.2, 0.25) is 10.0 Å². The van der Waals surface area contributed by atoms with Crippen LogP contribution in [0.4, 0.5) is 13.2 Å². The maximum Gasteiger partial charge on any atom is 0.254 e. The molecular weight excluding hydrogens is 331 g/mol. The molecule has 0 amide bonds. The fourth-order valence-electron chi connectivity index (χ4n) is 3.14. The summed E-state index contributed by atoms with van der Waals surface area (Å²) in [6.45, 7) is 2.03. The molecule has 1 aromatic carbocycles. The van der Waals surface area contributed by atoms with Gasteiger partial charge in [-0.05, 0) is 38.0 Å². The lowest BCUT2D eigenvalue weighted by Crippen LogP contribution is -2.40. The molecule has 1 aliphatic carbocycles. The van der Waals surface area contributed by atoms with Crippen molar-refractivity contribution in [1.82, 2.24) is 4.31 Å². The Morgan fingerprint density at radius 2 is 1.87 bits per heavy atom. The lowest BCUT2D eigenvalue weighted by atomic mass is 9.94. The van der Waals surface area contributed by atoms with Gasteiger partial charge < -0.3 is 4.74 Å². The van der Waals surface area contributed by atoms with Crippen molar-refractivity contribution >= 4 is 10.0 Å². The van der Waals surface area contributed by atoms with E-state index in [1.807, 2.05) is 0 Å². The van der Waals surface area contributed by atoms with Crippen molar-refractivity contribution in [2.45, 2.75) is 37.0 Å². The van der Waals surface area contributed by atoms with E-state index in [1.54, 1.807) is 6.92 Å². The number of hydrogen-bond donors (Lipinski definition) is 0. The summed E-state index contributed by atoms with van der Waals surface area (Å²) >= 11 is 0. The van der Waals surface area contributed by atoms with E-state index in [-0.39, 0.29) is 49.6 Å². The van der Waals surface area contributed by atoms with Crippen molar-refractivity contribution < 1.29 is 26.3 Å². The van der Waals surface area contributed by atoms with E-state index in [0.717, 1.165) is 10.4 Å². The van der Waals surface area contributed by atoms with Gasteiger partial charge in [-0.25, -0.2) is 21.6 Å². The molecule has 0 unspecified atom stereocenters. The van der Waals surface area contributed by atoms with Crippen LogP contribution in [-0.4, -0.2) is 38.3 Å². The fourth-order valence-corrected chi connectivity index (χ4v) is 4.60. The van der Waals surface area contributed by atoms with E-state index in [2.05, 4.69) is 0 Å². The van der Waals surface area contributed by atoms with E-state index in [1.165, 1.54) is 12.1 Å². The molecule has 23 heavy (non-hydrogen) atoms. The second kappa shape index (κ2) is 5.37. The first-order valence-corrected chi connectivity index (χ1v) is 8.96. The van der Waals surface area contributed by atoms with Crippen LogP contribution in [0.2, 0.25) is 0 Å². The van der Waals surface area contributed by atoms with Crippen LogP contribution in [0.5, 0.6) is 5.75 Å². The van der Waals surface area contributed by atoms with Gasteiger partial charge in [-0.3, -0.25) is 0 Å². The van der Waals surface area contributed by atoms with Crippen molar-refractivity contribution in [3.05, 3.63) is 24.0 Å². The summed E-state index contributed by atoms with van der Waals surface area (Å²) in [4.78, 5) is -0.183. The Kier molecular flexibility index (Phi) is 3.87. The highest BCUT2D eigenvalue weighted by Crippen LogP contribution is 2.66. The first-order chi connectivity index (χ1) is 10.7. The molecule has 0 bridgehead atoms. The van der Waals surface area contributed by atoms with Gasteiger partial charge in [-0.15, -0.1) is 0 Å². The Morgan fingerprint density at radius 3 is 2.35 bits per heavy atom. The van der Waals surface area contributed by atoms with Crippen LogP contribution in [0.15, 0.2) is 23.1 Å². The highest BCUT2D eigenvalue weighted by molar-refractivity contribution is 7.89. The van der Waals surface area contributed by atoms with Gasteiger partial charge in [-0.1, -0.05) is 0 Å². The number of rotatable bonds is 4. The molecule has 0 radical (unpaired) electrons. The average molecular weight is 349 g/mol. The first kappa shape index (κ1) is 16.6. The Hall–Kier alpha value is -1.28. The molecule has 0 aromatic heterocycles. The third-order valence-electron chi connectivity index (χ3n) is 4.73. The number of nitrogens with zero attached hydrogens (tertiary/aromatic N) is 1. The van der Waals surface area contributed by atoms with Crippen molar-refractivity contribution in [2.24, 2.45) is 5.41 Å². The second-order valence-corrected chi connectivity index (χ2v) is 8.03. The van der Waals surface area contributed by atoms with Crippen molar-refractivity contribution in [3.8, 4) is 5.75 Å². The molecule has 0 N–H and O–H groups in total. The first-order valence-electron chi connectivity index (χ1n) is 7.52. The molecule has 1 saturated carbocycles. The van der Waals surface area contributed by atoms with Crippen LogP contribution in [0, 0.1) is 11.2 Å². The number of hydrogen-bond acceptors (Lipinski definition) is 3. The summed E-state index contributed by atoms with van der Waals surface area (Å²) in [6.07, 6.45) is 0.114. The predicted octanol–water partition coefficient (Wildman–Crippen LogP) is 3.03. The van der Waals surface area contributed by atoms with E-state index in [0.29, 0.717) is 0 Å². The van der Waals surface area contributed by atoms with Crippen LogP contribution in [0.1, 0.15) is 26.2 Å². The summed E-state index contributed by atoms with van der Waals surface area (Å²) in [5, 5.41) is 0. The predicted molar refractivity (Wildman–Crippen MR) is 77.6 cm³/mol. The van der Waals surface area contributed by atoms with Gasteiger partial charge in [0.25, 0.3) is 5.92 Å². The second-order valence-electron chi connectivity index (χ2n) is 6.09. The summed E-state index contributed by atoms with van der Waals surface area (Å²) in [5.74, 6) is -3.44. The maximum absolute atomic E-state index is 13.9. The third kappa shape index (κ3) is 2.71. The van der Waals surface area contributed by atoms with Crippen molar-refractivity contribution in [1.29, 1.82) is 0 Å². The minimum atomic E-state index is -3.88. The number of piperidine rings is 1. The fraction of sp³-hybridized carbons (Fsp3) is 0.600. The van der Waals surface area contributed by atoms with Gasteiger partial charge in [0.1, 0.15) is 0 Å². The minimum Gasteiger partial charge on any atom is -0.491 e. The summed E-state index contributed by atoms with van der Waals surface area (Å²) in [6, 6.07) is 3.46. The molecule has 1 aromatic rings. The Labute approximate surface area is 133 Å². The lowest BCUT2D eigenvalue weighted by molar-refractivity contribution is 0.0426. The zero-order valence-corrected chi connectivity index (χ0v) is 13.5. The summed E-state index contributed by atoms with van der Waals surface area (Å²) in [5.41, 5.74) is -1.02. The molecule has 8 heteroatoms. The Balaban J connectivity index is 1.76. The molecule has 1 saturated heterocycles. The van der Waals surface area contributed by atoms with Gasteiger partial charge in [0.15, 0.2) is 11.6 Å². The topological polar surface area (TPSA) is 46.6 Å². The number of sulfonamides is 1. The van der Waals surface area contributed by atoms with Crippen LogP contribution in [0.25, 0.3) is 0 Å². The summed E-state index contributed by atoms with van der Waals surface area (Å²) in [7, 11) is -3.88. The van der Waals surface area contributed by atoms with Gasteiger partial charge >= 0.3 is 0 Å². The van der Waals surface area contributed by atoms with Gasteiger partial charge in [-0.2, -0.15) is 4.31 Å². The molecule has 2 aliphatic rings. The highest BCUT2D eigenvalue weighted by atomic mass is 32.2. The number of halogens is 3. The SMILES string of the molecule is CCOc1ccc(S(=O)(=O)N2CCC3(CC2)CC3(F)F)cc1F. The zero-order chi connectivity index (χ0) is 16.9. The quantitative estimate of drug-likeness (QED) is 0.839. The Bertz CT molecular complexity index is 713. The van der Waals surface area contributed by atoms with Crippen LogP contribution in [0.3, 0.4) is 0 Å². The number of benzene rings is 1. The molecule has 0 atom stereocenters. The lowest BCUT2D eigenvalue weighted by Gasteiger charge is -2.31. The smallest absolute Gasteiger partial charge is 0.254 e. The van der Waals surface area contributed by atoms with E-state index in [4.69, 9.17) is 4.74 Å². The molecular formula is C15H18F3NO3S.